The Balaban J connectivity index is 1.63. The molecule has 160 valence electrons. The van der Waals surface area contributed by atoms with Crippen molar-refractivity contribution in [1.29, 1.82) is 0 Å². The van der Waals surface area contributed by atoms with Crippen molar-refractivity contribution in [2.45, 2.75) is 38.6 Å². The summed E-state index contributed by atoms with van der Waals surface area (Å²) in [6, 6.07) is 7.49. The van der Waals surface area contributed by atoms with Crippen LogP contribution in [-0.4, -0.2) is 69.2 Å². The molecule has 29 heavy (non-hydrogen) atoms. The highest BCUT2D eigenvalue weighted by Gasteiger charge is 2.24. The lowest BCUT2D eigenvalue weighted by molar-refractivity contribution is -0.122. The number of carbonyl (C=O) groups is 3. The molecular formula is C21H32N4O4. The predicted molar refractivity (Wildman–Crippen MR) is 112 cm³/mol. The molecule has 1 aromatic carbocycles. The summed E-state index contributed by atoms with van der Waals surface area (Å²) in [6.07, 6.45) is 2.10. The molecule has 1 fully saturated rings. The summed E-state index contributed by atoms with van der Waals surface area (Å²) in [5.74, 6) is -0.163. The lowest BCUT2D eigenvalue weighted by Crippen LogP contribution is -2.46. The minimum absolute atomic E-state index is 0.0246. The van der Waals surface area contributed by atoms with Gasteiger partial charge < -0.3 is 25.2 Å². The highest BCUT2D eigenvalue weighted by Crippen LogP contribution is 2.14. The van der Waals surface area contributed by atoms with E-state index in [2.05, 4.69) is 10.6 Å². The van der Waals surface area contributed by atoms with Gasteiger partial charge in [-0.05, 0) is 44.4 Å². The van der Waals surface area contributed by atoms with Gasteiger partial charge in [0, 0.05) is 57.4 Å². The maximum atomic E-state index is 12.2. The molecule has 0 spiro atoms. The van der Waals surface area contributed by atoms with Crippen LogP contribution >= 0.6 is 0 Å². The Kier molecular flexibility index (Phi) is 8.76. The van der Waals surface area contributed by atoms with Crippen LogP contribution in [0.2, 0.25) is 0 Å². The number of carbonyl (C=O) groups excluding carboxylic acids is 3. The predicted octanol–water partition coefficient (Wildman–Crippen LogP) is 2.00. The Morgan fingerprint density at radius 1 is 1.21 bits per heavy atom. The smallest absolute Gasteiger partial charge is 0.409 e. The summed E-state index contributed by atoms with van der Waals surface area (Å²) >= 11 is 0. The van der Waals surface area contributed by atoms with Crippen molar-refractivity contribution < 1.29 is 19.1 Å². The third-order valence-electron chi connectivity index (χ3n) is 4.88. The summed E-state index contributed by atoms with van der Waals surface area (Å²) < 4.78 is 5.00. The van der Waals surface area contributed by atoms with Gasteiger partial charge in [0.1, 0.15) is 0 Å². The van der Waals surface area contributed by atoms with Gasteiger partial charge in [0.25, 0.3) is 5.91 Å². The summed E-state index contributed by atoms with van der Waals surface area (Å²) in [6.45, 7) is 3.78. The summed E-state index contributed by atoms with van der Waals surface area (Å²) in [5.41, 5.74) is 1.57. The molecule has 3 amide bonds. The van der Waals surface area contributed by atoms with Crippen molar-refractivity contribution in [3.63, 3.8) is 0 Å². The van der Waals surface area contributed by atoms with Crippen LogP contribution in [0.4, 0.5) is 10.5 Å². The number of anilines is 1. The number of piperidine rings is 1. The fourth-order valence-electron chi connectivity index (χ4n) is 3.20. The largest absolute Gasteiger partial charge is 0.450 e. The Morgan fingerprint density at radius 2 is 1.93 bits per heavy atom. The second-order valence-electron chi connectivity index (χ2n) is 7.33. The third kappa shape index (κ3) is 7.29. The first-order valence-electron chi connectivity index (χ1n) is 10.2. The van der Waals surface area contributed by atoms with Gasteiger partial charge in [-0.2, -0.15) is 0 Å². The average Bonchev–Trinajstić information content (AvgIpc) is 2.71. The molecule has 1 aliphatic heterocycles. The number of benzene rings is 1. The Labute approximate surface area is 172 Å². The zero-order chi connectivity index (χ0) is 21.2. The third-order valence-corrected chi connectivity index (χ3v) is 4.88. The summed E-state index contributed by atoms with van der Waals surface area (Å²) in [5, 5.41) is 5.87. The van der Waals surface area contributed by atoms with Crippen LogP contribution in [0.15, 0.2) is 24.3 Å². The first-order chi connectivity index (χ1) is 13.9. The van der Waals surface area contributed by atoms with Crippen LogP contribution in [-0.2, 0) is 9.53 Å². The van der Waals surface area contributed by atoms with Crippen LogP contribution in [0.1, 0.15) is 43.0 Å². The van der Waals surface area contributed by atoms with Crippen molar-refractivity contribution in [3.05, 3.63) is 29.8 Å². The molecule has 1 heterocycles. The highest BCUT2D eigenvalue weighted by atomic mass is 16.6. The summed E-state index contributed by atoms with van der Waals surface area (Å²) in [4.78, 5) is 39.7. The molecule has 0 saturated carbocycles. The van der Waals surface area contributed by atoms with Gasteiger partial charge in [-0.15, -0.1) is 0 Å². The normalized spacial score (nSPS) is 14.2. The van der Waals surface area contributed by atoms with Crippen molar-refractivity contribution in [3.8, 4) is 0 Å². The summed E-state index contributed by atoms with van der Waals surface area (Å²) in [7, 11) is 3.85. The lowest BCUT2D eigenvalue weighted by Gasteiger charge is -2.31. The van der Waals surface area contributed by atoms with E-state index in [1.165, 1.54) is 0 Å². The van der Waals surface area contributed by atoms with E-state index < -0.39 is 0 Å². The topological polar surface area (TPSA) is 91.0 Å². The second kappa shape index (κ2) is 11.3. The van der Waals surface area contributed by atoms with Crippen LogP contribution in [0.25, 0.3) is 0 Å². The zero-order valence-corrected chi connectivity index (χ0v) is 17.6. The van der Waals surface area contributed by atoms with E-state index >= 15 is 0 Å². The van der Waals surface area contributed by atoms with Crippen molar-refractivity contribution in [1.82, 2.24) is 15.5 Å². The standard InChI is InChI=1S/C21H32N4O4/c1-4-29-21(28)25-13-10-17(11-14-25)23-19(26)9-6-12-22-20(27)16-7-5-8-18(15-16)24(2)3/h5,7-8,15,17H,4,6,9-14H2,1-3H3,(H,22,27)(H,23,26). The van der Waals surface area contributed by atoms with E-state index in [-0.39, 0.29) is 23.9 Å². The van der Waals surface area contributed by atoms with Crippen LogP contribution in [0.3, 0.4) is 0 Å². The number of rotatable bonds is 8. The Morgan fingerprint density at radius 3 is 2.59 bits per heavy atom. The van der Waals surface area contributed by atoms with E-state index in [0.29, 0.717) is 44.6 Å². The maximum Gasteiger partial charge on any atom is 0.409 e. The Bertz CT molecular complexity index is 700. The van der Waals surface area contributed by atoms with E-state index in [4.69, 9.17) is 4.74 Å². The van der Waals surface area contributed by atoms with Crippen molar-refractivity contribution in [2.75, 3.05) is 45.2 Å². The van der Waals surface area contributed by atoms with Crippen LogP contribution < -0.4 is 15.5 Å². The van der Waals surface area contributed by atoms with Gasteiger partial charge in [0.15, 0.2) is 0 Å². The number of hydrogen-bond donors (Lipinski definition) is 2. The molecule has 8 nitrogen and oxygen atoms in total. The molecule has 0 bridgehead atoms. The van der Waals surface area contributed by atoms with Crippen molar-refractivity contribution >= 4 is 23.6 Å². The number of nitrogens with zero attached hydrogens (tertiary/aromatic N) is 2. The monoisotopic (exact) mass is 404 g/mol. The number of likely N-dealkylation sites (tertiary alicyclic amines) is 1. The minimum Gasteiger partial charge on any atom is -0.450 e. The maximum absolute atomic E-state index is 12.2. The van der Waals surface area contributed by atoms with Crippen LogP contribution in [0.5, 0.6) is 0 Å². The van der Waals surface area contributed by atoms with Crippen molar-refractivity contribution in [2.24, 2.45) is 0 Å². The fourth-order valence-corrected chi connectivity index (χ4v) is 3.20. The number of nitrogens with one attached hydrogen (secondary N) is 2. The van der Waals surface area contributed by atoms with E-state index in [1.54, 1.807) is 17.9 Å². The molecule has 0 aromatic heterocycles. The molecule has 1 aliphatic rings. The van der Waals surface area contributed by atoms with Crippen LogP contribution in [0, 0.1) is 0 Å². The first-order valence-corrected chi connectivity index (χ1v) is 10.2. The van der Waals surface area contributed by atoms with Gasteiger partial charge >= 0.3 is 6.09 Å². The Hall–Kier alpha value is -2.77. The zero-order valence-electron chi connectivity index (χ0n) is 17.6. The van der Waals surface area contributed by atoms with E-state index in [1.807, 2.05) is 37.2 Å². The van der Waals surface area contributed by atoms with Gasteiger partial charge in [0.2, 0.25) is 5.91 Å². The number of amides is 3. The van der Waals surface area contributed by atoms with E-state index in [0.717, 1.165) is 18.5 Å². The average molecular weight is 405 g/mol. The lowest BCUT2D eigenvalue weighted by atomic mass is 10.1. The molecule has 0 radical (unpaired) electrons. The molecular weight excluding hydrogens is 372 g/mol. The first kappa shape index (κ1) is 22.5. The number of hydrogen-bond acceptors (Lipinski definition) is 5. The second-order valence-corrected chi connectivity index (χ2v) is 7.33. The van der Waals surface area contributed by atoms with Gasteiger partial charge in [-0.3, -0.25) is 9.59 Å². The highest BCUT2D eigenvalue weighted by molar-refractivity contribution is 5.95. The molecule has 0 atom stereocenters. The SMILES string of the molecule is CCOC(=O)N1CCC(NC(=O)CCCNC(=O)c2cccc(N(C)C)c2)CC1. The molecule has 2 rings (SSSR count). The molecule has 1 saturated heterocycles. The molecule has 1 aromatic rings. The molecule has 8 heteroatoms. The quantitative estimate of drug-likeness (QED) is 0.647. The minimum atomic E-state index is -0.288. The van der Waals surface area contributed by atoms with Gasteiger partial charge in [-0.1, -0.05) is 6.07 Å². The molecule has 0 unspecified atom stereocenters. The molecule has 2 N–H and O–H groups in total. The van der Waals surface area contributed by atoms with Gasteiger partial charge in [0.05, 0.1) is 6.61 Å². The molecule has 0 aliphatic carbocycles. The van der Waals surface area contributed by atoms with Gasteiger partial charge in [-0.25, -0.2) is 4.79 Å². The van der Waals surface area contributed by atoms with E-state index in [9.17, 15) is 14.4 Å². The fraction of sp³-hybridized carbons (Fsp3) is 0.571. The number of ether oxygens (including phenoxy) is 1.